The molecule has 2 aromatic carbocycles. The molecule has 2 amide bonds. The zero-order valence-corrected chi connectivity index (χ0v) is 22.2. The number of carbonyl (C=O) groups is 2. The predicted octanol–water partition coefficient (Wildman–Crippen LogP) is 4.05. The molecular formula is C25H34ClN3O4S. The second-order valence-corrected chi connectivity index (χ2v) is 11.0. The van der Waals surface area contributed by atoms with E-state index in [1.165, 1.54) is 4.90 Å². The normalized spacial score (nSPS) is 13.1. The van der Waals surface area contributed by atoms with Crippen molar-refractivity contribution in [1.29, 1.82) is 0 Å². The molecule has 0 aliphatic carbocycles. The van der Waals surface area contributed by atoms with Crippen molar-refractivity contribution >= 4 is 39.1 Å². The maximum atomic E-state index is 13.6. The lowest BCUT2D eigenvalue weighted by atomic mass is 10.1. The van der Waals surface area contributed by atoms with Gasteiger partial charge in [0.05, 0.1) is 11.9 Å². The molecule has 186 valence electrons. The first-order valence-corrected chi connectivity index (χ1v) is 13.4. The molecule has 0 unspecified atom stereocenters. The predicted molar refractivity (Wildman–Crippen MR) is 137 cm³/mol. The van der Waals surface area contributed by atoms with Crippen LogP contribution in [-0.4, -0.2) is 50.0 Å². The Morgan fingerprint density at radius 3 is 2.24 bits per heavy atom. The maximum Gasteiger partial charge on any atom is 0.244 e. The van der Waals surface area contributed by atoms with E-state index in [4.69, 9.17) is 11.6 Å². The summed E-state index contributed by atoms with van der Waals surface area (Å²) in [6.07, 6.45) is 1.82. The van der Waals surface area contributed by atoms with Crippen molar-refractivity contribution in [2.75, 3.05) is 17.1 Å². The first-order valence-electron chi connectivity index (χ1n) is 11.2. The SMILES string of the molecule is CC[C@H](C)NC(=O)[C@H](C)N(Cc1ccc(Cl)cc1)C(=O)CN(c1cc(C)ccc1C)S(C)(=O)=O. The van der Waals surface area contributed by atoms with Gasteiger partial charge in [0.25, 0.3) is 0 Å². The topological polar surface area (TPSA) is 86.8 Å². The summed E-state index contributed by atoms with van der Waals surface area (Å²) in [5, 5.41) is 3.46. The number of benzene rings is 2. The number of amides is 2. The number of hydrogen-bond donors (Lipinski definition) is 1. The zero-order chi connectivity index (χ0) is 25.6. The minimum Gasteiger partial charge on any atom is -0.352 e. The highest BCUT2D eigenvalue weighted by Crippen LogP contribution is 2.24. The van der Waals surface area contributed by atoms with Crippen molar-refractivity contribution in [3.05, 3.63) is 64.2 Å². The molecule has 0 fully saturated rings. The number of halogens is 1. The van der Waals surface area contributed by atoms with E-state index in [-0.39, 0.29) is 18.5 Å². The van der Waals surface area contributed by atoms with Crippen LogP contribution in [0.1, 0.15) is 43.9 Å². The molecule has 9 heteroatoms. The molecule has 2 atom stereocenters. The second-order valence-electron chi connectivity index (χ2n) is 8.70. The van der Waals surface area contributed by atoms with Crippen LogP contribution in [-0.2, 0) is 26.2 Å². The van der Waals surface area contributed by atoms with Crippen LogP contribution in [0.2, 0.25) is 5.02 Å². The molecule has 34 heavy (non-hydrogen) atoms. The van der Waals surface area contributed by atoms with Gasteiger partial charge in [-0.15, -0.1) is 0 Å². The number of nitrogens with one attached hydrogen (secondary N) is 1. The van der Waals surface area contributed by atoms with Gasteiger partial charge >= 0.3 is 0 Å². The van der Waals surface area contributed by atoms with Crippen LogP contribution in [0.3, 0.4) is 0 Å². The van der Waals surface area contributed by atoms with Crippen molar-refractivity contribution < 1.29 is 18.0 Å². The van der Waals surface area contributed by atoms with Crippen LogP contribution in [0.5, 0.6) is 0 Å². The molecule has 0 heterocycles. The standard InChI is InChI=1S/C25H34ClN3O4S/c1-7-19(4)27-25(31)20(5)28(15-21-10-12-22(26)13-11-21)24(30)16-29(34(6,32)33)23-14-17(2)8-9-18(23)3/h8-14,19-20H,7,15-16H2,1-6H3,(H,27,31)/t19-,20-/m0/s1. The van der Waals surface area contributed by atoms with Crippen molar-refractivity contribution in [3.63, 3.8) is 0 Å². The van der Waals surface area contributed by atoms with Crippen LogP contribution in [0.15, 0.2) is 42.5 Å². The van der Waals surface area contributed by atoms with Gasteiger partial charge in [-0.3, -0.25) is 13.9 Å². The number of anilines is 1. The van der Waals surface area contributed by atoms with Gasteiger partial charge in [0.15, 0.2) is 0 Å². The van der Waals surface area contributed by atoms with E-state index in [2.05, 4.69) is 5.32 Å². The average Bonchev–Trinajstić information content (AvgIpc) is 2.77. The second kappa shape index (κ2) is 11.7. The molecule has 1 N–H and O–H groups in total. The molecule has 2 aromatic rings. The first kappa shape index (κ1) is 27.7. The average molecular weight is 508 g/mol. The van der Waals surface area contributed by atoms with Crippen molar-refractivity contribution in [2.24, 2.45) is 0 Å². The van der Waals surface area contributed by atoms with Crippen LogP contribution >= 0.6 is 11.6 Å². The summed E-state index contributed by atoms with van der Waals surface area (Å²) in [6.45, 7) is 8.87. The molecule has 0 saturated carbocycles. The summed E-state index contributed by atoms with van der Waals surface area (Å²) < 4.78 is 26.5. The molecule has 0 radical (unpaired) electrons. The van der Waals surface area contributed by atoms with Gasteiger partial charge in [0.2, 0.25) is 21.8 Å². The Balaban J connectivity index is 2.42. The monoisotopic (exact) mass is 507 g/mol. The third-order valence-electron chi connectivity index (χ3n) is 5.75. The third kappa shape index (κ3) is 7.46. The Kier molecular flexibility index (Phi) is 9.53. The van der Waals surface area contributed by atoms with Crippen LogP contribution in [0.4, 0.5) is 5.69 Å². The Morgan fingerprint density at radius 2 is 1.68 bits per heavy atom. The Morgan fingerprint density at radius 1 is 1.06 bits per heavy atom. The van der Waals surface area contributed by atoms with Gasteiger partial charge in [-0.1, -0.05) is 42.8 Å². The van der Waals surface area contributed by atoms with Crippen molar-refractivity contribution in [1.82, 2.24) is 10.2 Å². The zero-order valence-electron chi connectivity index (χ0n) is 20.6. The fourth-order valence-electron chi connectivity index (χ4n) is 3.42. The fraction of sp³-hybridized carbons (Fsp3) is 0.440. The van der Waals surface area contributed by atoms with Crippen LogP contribution in [0, 0.1) is 13.8 Å². The Bertz CT molecular complexity index is 1120. The minimum atomic E-state index is -3.77. The van der Waals surface area contributed by atoms with Gasteiger partial charge in [0.1, 0.15) is 12.6 Å². The first-order chi connectivity index (χ1) is 15.8. The Labute approximate surface area is 208 Å². The lowest BCUT2D eigenvalue weighted by Gasteiger charge is -2.32. The molecule has 0 aromatic heterocycles. The van der Waals surface area contributed by atoms with Gasteiger partial charge in [-0.2, -0.15) is 0 Å². The van der Waals surface area contributed by atoms with Gasteiger partial charge in [0, 0.05) is 17.6 Å². The van der Waals surface area contributed by atoms with E-state index in [0.717, 1.165) is 33.7 Å². The summed E-state index contributed by atoms with van der Waals surface area (Å²) >= 11 is 5.99. The number of nitrogens with zero attached hydrogens (tertiary/aromatic N) is 2. The fourth-order valence-corrected chi connectivity index (χ4v) is 4.44. The van der Waals surface area contributed by atoms with Gasteiger partial charge < -0.3 is 10.2 Å². The van der Waals surface area contributed by atoms with Gasteiger partial charge in [-0.25, -0.2) is 8.42 Å². The van der Waals surface area contributed by atoms with Crippen LogP contribution in [0.25, 0.3) is 0 Å². The number of sulfonamides is 1. The molecule has 0 spiro atoms. The number of rotatable bonds is 10. The summed E-state index contributed by atoms with van der Waals surface area (Å²) in [5.74, 6) is -0.776. The molecule has 0 aliphatic heterocycles. The smallest absolute Gasteiger partial charge is 0.244 e. The molecule has 0 bridgehead atoms. The quantitative estimate of drug-likeness (QED) is 0.525. The minimum absolute atomic E-state index is 0.0510. The maximum absolute atomic E-state index is 13.6. The van der Waals surface area contributed by atoms with Crippen molar-refractivity contribution in [2.45, 2.75) is 59.7 Å². The highest BCUT2D eigenvalue weighted by molar-refractivity contribution is 7.92. The van der Waals surface area contributed by atoms with E-state index in [0.29, 0.717) is 10.7 Å². The molecular weight excluding hydrogens is 474 g/mol. The number of hydrogen-bond acceptors (Lipinski definition) is 4. The van der Waals surface area contributed by atoms with E-state index in [9.17, 15) is 18.0 Å². The largest absolute Gasteiger partial charge is 0.352 e. The number of aryl methyl sites for hydroxylation is 2. The number of carbonyl (C=O) groups excluding carboxylic acids is 2. The van der Waals surface area contributed by atoms with E-state index < -0.39 is 28.5 Å². The summed E-state index contributed by atoms with van der Waals surface area (Å²) in [6, 6.07) is 11.6. The molecule has 0 aliphatic rings. The van der Waals surface area contributed by atoms with E-state index >= 15 is 0 Å². The summed E-state index contributed by atoms with van der Waals surface area (Å²) in [7, 11) is -3.77. The summed E-state index contributed by atoms with van der Waals surface area (Å²) in [4.78, 5) is 27.9. The molecule has 7 nitrogen and oxygen atoms in total. The highest BCUT2D eigenvalue weighted by Gasteiger charge is 2.31. The highest BCUT2D eigenvalue weighted by atomic mass is 35.5. The third-order valence-corrected chi connectivity index (χ3v) is 7.13. The Hall–Kier alpha value is -2.58. The lowest BCUT2D eigenvalue weighted by Crippen LogP contribution is -2.52. The molecule has 0 saturated heterocycles. The lowest BCUT2D eigenvalue weighted by molar-refractivity contribution is -0.139. The van der Waals surface area contributed by atoms with Crippen molar-refractivity contribution in [3.8, 4) is 0 Å². The van der Waals surface area contributed by atoms with E-state index in [1.54, 1.807) is 44.2 Å². The van der Waals surface area contributed by atoms with E-state index in [1.807, 2.05) is 32.9 Å². The molecule has 2 rings (SSSR count). The van der Waals surface area contributed by atoms with Gasteiger partial charge in [-0.05, 0) is 69.0 Å². The summed E-state index contributed by atoms with van der Waals surface area (Å²) in [5.41, 5.74) is 2.83. The van der Waals surface area contributed by atoms with Crippen LogP contribution < -0.4 is 9.62 Å².